The predicted molar refractivity (Wildman–Crippen MR) is 98.9 cm³/mol. The van der Waals surface area contributed by atoms with E-state index in [1.54, 1.807) is 24.3 Å². The summed E-state index contributed by atoms with van der Waals surface area (Å²) >= 11 is 0. The number of likely N-dealkylation sites (tertiary alicyclic amines) is 1. The summed E-state index contributed by atoms with van der Waals surface area (Å²) in [6, 6.07) is 7.12. The molecule has 0 radical (unpaired) electrons. The lowest BCUT2D eigenvalue weighted by Gasteiger charge is -2.32. The normalized spacial score (nSPS) is 17.5. The lowest BCUT2D eigenvalue weighted by Crippen LogP contribution is -2.41. The van der Waals surface area contributed by atoms with Crippen LogP contribution in [0.3, 0.4) is 0 Å². The van der Waals surface area contributed by atoms with Crippen LogP contribution in [0.2, 0.25) is 0 Å². The largest absolute Gasteiger partial charge is 0.356 e. The van der Waals surface area contributed by atoms with E-state index in [4.69, 9.17) is 0 Å². The van der Waals surface area contributed by atoms with Gasteiger partial charge in [0, 0.05) is 43.9 Å². The number of carbonyl (C=O) groups is 3. The van der Waals surface area contributed by atoms with Crippen LogP contribution >= 0.6 is 0 Å². The van der Waals surface area contributed by atoms with Gasteiger partial charge in [0.1, 0.15) is 0 Å². The Balaban J connectivity index is 1.52. The fraction of sp³-hybridized carbons (Fsp3) is 0.526. The van der Waals surface area contributed by atoms with Crippen molar-refractivity contribution in [2.45, 2.75) is 38.6 Å². The molecule has 1 saturated carbocycles. The van der Waals surface area contributed by atoms with E-state index in [9.17, 15) is 14.4 Å². The van der Waals surface area contributed by atoms with Crippen molar-refractivity contribution in [3.05, 3.63) is 29.8 Å². The number of nitrogens with one attached hydrogen (secondary N) is 3. The van der Waals surface area contributed by atoms with Gasteiger partial charge in [-0.25, -0.2) is 4.79 Å². The highest BCUT2D eigenvalue weighted by molar-refractivity contribution is 5.97. The van der Waals surface area contributed by atoms with Gasteiger partial charge in [-0.05, 0) is 49.8 Å². The SMILES string of the molecule is CC(=O)NCC1CCN(C(=O)c2cccc(NC(=O)NC3CC3)c2)CC1. The maximum absolute atomic E-state index is 12.7. The molecule has 1 aromatic rings. The van der Waals surface area contributed by atoms with E-state index in [0.717, 1.165) is 25.7 Å². The van der Waals surface area contributed by atoms with Crippen molar-refractivity contribution >= 4 is 23.5 Å². The standard InChI is InChI=1S/C19H26N4O3/c1-13(24)20-12-14-7-9-23(10-8-14)18(25)15-3-2-4-17(11-15)22-19(26)21-16-5-6-16/h2-4,11,14,16H,5-10,12H2,1H3,(H,20,24)(H2,21,22,26). The highest BCUT2D eigenvalue weighted by Gasteiger charge is 2.25. The average molecular weight is 358 g/mol. The molecular weight excluding hydrogens is 332 g/mol. The maximum Gasteiger partial charge on any atom is 0.319 e. The van der Waals surface area contributed by atoms with Gasteiger partial charge < -0.3 is 20.9 Å². The first-order valence-corrected chi connectivity index (χ1v) is 9.22. The van der Waals surface area contributed by atoms with Gasteiger partial charge >= 0.3 is 6.03 Å². The Morgan fingerprint density at radius 2 is 1.85 bits per heavy atom. The molecule has 2 aliphatic rings. The summed E-state index contributed by atoms with van der Waals surface area (Å²) in [6.07, 6.45) is 3.83. The van der Waals surface area contributed by atoms with Crippen molar-refractivity contribution < 1.29 is 14.4 Å². The van der Waals surface area contributed by atoms with Gasteiger partial charge in [0.25, 0.3) is 5.91 Å². The second kappa shape index (κ2) is 8.21. The summed E-state index contributed by atoms with van der Waals surface area (Å²) in [5, 5.41) is 8.49. The number of hydrogen-bond donors (Lipinski definition) is 3. The molecule has 4 amide bonds. The molecule has 0 aromatic heterocycles. The van der Waals surface area contributed by atoms with Gasteiger partial charge in [0.15, 0.2) is 0 Å². The molecule has 1 aromatic carbocycles. The molecular formula is C19H26N4O3. The number of anilines is 1. The number of amides is 4. The van der Waals surface area contributed by atoms with Crippen LogP contribution in [0.1, 0.15) is 43.0 Å². The molecule has 1 aliphatic carbocycles. The molecule has 2 fully saturated rings. The number of benzene rings is 1. The minimum atomic E-state index is -0.226. The zero-order valence-electron chi connectivity index (χ0n) is 15.1. The Bertz CT molecular complexity index is 679. The molecule has 7 nitrogen and oxygen atoms in total. The highest BCUT2D eigenvalue weighted by atomic mass is 16.2. The van der Waals surface area contributed by atoms with Crippen molar-refractivity contribution in [1.29, 1.82) is 0 Å². The Hall–Kier alpha value is -2.57. The van der Waals surface area contributed by atoms with E-state index in [0.29, 0.717) is 42.8 Å². The topological polar surface area (TPSA) is 90.5 Å². The molecule has 3 N–H and O–H groups in total. The van der Waals surface area contributed by atoms with Crippen molar-refractivity contribution in [2.75, 3.05) is 25.0 Å². The zero-order chi connectivity index (χ0) is 18.5. The second-order valence-electron chi connectivity index (χ2n) is 7.13. The van der Waals surface area contributed by atoms with Crippen LogP contribution in [0.5, 0.6) is 0 Å². The number of rotatable bonds is 5. The molecule has 1 aliphatic heterocycles. The smallest absolute Gasteiger partial charge is 0.319 e. The van der Waals surface area contributed by atoms with E-state index in [1.165, 1.54) is 6.92 Å². The first kappa shape index (κ1) is 18.2. The number of carbonyl (C=O) groups excluding carboxylic acids is 3. The van der Waals surface area contributed by atoms with Crippen LogP contribution in [0.15, 0.2) is 24.3 Å². The molecule has 1 heterocycles. The summed E-state index contributed by atoms with van der Waals surface area (Å²) in [4.78, 5) is 37.4. The van der Waals surface area contributed by atoms with Crippen molar-refractivity contribution in [2.24, 2.45) is 5.92 Å². The molecule has 140 valence electrons. The Labute approximate surface area is 153 Å². The fourth-order valence-electron chi connectivity index (χ4n) is 3.12. The predicted octanol–water partition coefficient (Wildman–Crippen LogP) is 1.96. The lowest BCUT2D eigenvalue weighted by molar-refractivity contribution is -0.119. The van der Waals surface area contributed by atoms with E-state index < -0.39 is 0 Å². The van der Waals surface area contributed by atoms with Gasteiger partial charge in [0.05, 0.1) is 0 Å². The molecule has 26 heavy (non-hydrogen) atoms. The molecule has 0 spiro atoms. The van der Waals surface area contributed by atoms with Gasteiger partial charge in [-0.15, -0.1) is 0 Å². The summed E-state index contributed by atoms with van der Waals surface area (Å²) in [5.74, 6) is 0.384. The quantitative estimate of drug-likeness (QED) is 0.751. The van der Waals surface area contributed by atoms with Crippen LogP contribution in [0.4, 0.5) is 10.5 Å². The van der Waals surface area contributed by atoms with Gasteiger partial charge in [-0.2, -0.15) is 0 Å². The third-order valence-electron chi connectivity index (χ3n) is 4.82. The lowest BCUT2D eigenvalue weighted by atomic mass is 9.96. The number of hydrogen-bond acceptors (Lipinski definition) is 3. The molecule has 0 atom stereocenters. The Morgan fingerprint density at radius 1 is 1.12 bits per heavy atom. The fourth-order valence-corrected chi connectivity index (χ4v) is 3.12. The van der Waals surface area contributed by atoms with Crippen molar-refractivity contribution in [3.63, 3.8) is 0 Å². The average Bonchev–Trinajstić information content (AvgIpc) is 3.44. The Morgan fingerprint density at radius 3 is 2.50 bits per heavy atom. The molecule has 0 unspecified atom stereocenters. The first-order chi connectivity index (χ1) is 12.5. The Kier molecular flexibility index (Phi) is 5.75. The summed E-state index contributed by atoms with van der Waals surface area (Å²) in [5.41, 5.74) is 1.20. The summed E-state index contributed by atoms with van der Waals surface area (Å²) < 4.78 is 0. The van der Waals surface area contributed by atoms with E-state index in [-0.39, 0.29) is 17.8 Å². The maximum atomic E-state index is 12.7. The molecule has 1 saturated heterocycles. The number of nitrogens with zero attached hydrogens (tertiary/aromatic N) is 1. The number of piperidine rings is 1. The van der Waals surface area contributed by atoms with Crippen molar-refractivity contribution in [3.8, 4) is 0 Å². The van der Waals surface area contributed by atoms with E-state index >= 15 is 0 Å². The third-order valence-corrected chi connectivity index (χ3v) is 4.82. The number of urea groups is 1. The van der Waals surface area contributed by atoms with Crippen molar-refractivity contribution in [1.82, 2.24) is 15.5 Å². The molecule has 0 bridgehead atoms. The molecule has 3 rings (SSSR count). The summed E-state index contributed by atoms with van der Waals surface area (Å²) in [6.45, 7) is 3.56. The highest BCUT2D eigenvalue weighted by Crippen LogP contribution is 2.21. The van der Waals surface area contributed by atoms with Crippen LogP contribution in [-0.4, -0.2) is 48.4 Å². The van der Waals surface area contributed by atoms with Crippen LogP contribution in [0.25, 0.3) is 0 Å². The minimum absolute atomic E-state index is 0.0152. The van der Waals surface area contributed by atoms with Gasteiger partial charge in [0.2, 0.25) is 5.91 Å². The van der Waals surface area contributed by atoms with Crippen LogP contribution in [0, 0.1) is 5.92 Å². The minimum Gasteiger partial charge on any atom is -0.356 e. The monoisotopic (exact) mass is 358 g/mol. The van der Waals surface area contributed by atoms with Gasteiger partial charge in [-0.1, -0.05) is 6.07 Å². The van der Waals surface area contributed by atoms with Gasteiger partial charge in [-0.3, -0.25) is 9.59 Å². The van der Waals surface area contributed by atoms with E-state index in [1.807, 2.05) is 4.90 Å². The van der Waals surface area contributed by atoms with Crippen LogP contribution < -0.4 is 16.0 Å². The van der Waals surface area contributed by atoms with E-state index in [2.05, 4.69) is 16.0 Å². The first-order valence-electron chi connectivity index (χ1n) is 9.22. The molecule has 7 heteroatoms. The van der Waals surface area contributed by atoms with Crippen LogP contribution in [-0.2, 0) is 4.79 Å². The zero-order valence-corrected chi connectivity index (χ0v) is 15.1. The third kappa shape index (κ3) is 5.21. The second-order valence-corrected chi connectivity index (χ2v) is 7.13. The summed E-state index contributed by atoms with van der Waals surface area (Å²) in [7, 11) is 0.